The van der Waals surface area contributed by atoms with Crippen LogP contribution in [0.15, 0.2) is 11.3 Å². The Morgan fingerprint density at radius 1 is 1.44 bits per heavy atom. The van der Waals surface area contributed by atoms with E-state index in [1.54, 1.807) is 16.6 Å². The van der Waals surface area contributed by atoms with E-state index in [2.05, 4.69) is 30.6 Å². The molecule has 1 fully saturated rings. The molecule has 0 spiro atoms. The summed E-state index contributed by atoms with van der Waals surface area (Å²) in [5.41, 5.74) is 0. The van der Waals surface area contributed by atoms with Gasteiger partial charge in [0.25, 0.3) is 0 Å². The summed E-state index contributed by atoms with van der Waals surface area (Å²) < 4.78 is 1.73. The summed E-state index contributed by atoms with van der Waals surface area (Å²) >= 11 is 0. The van der Waals surface area contributed by atoms with E-state index in [0.717, 1.165) is 50.7 Å². The van der Waals surface area contributed by atoms with Crippen molar-refractivity contribution >= 4 is 11.9 Å². The van der Waals surface area contributed by atoms with Gasteiger partial charge in [-0.3, -0.25) is 19.4 Å². The Balaban J connectivity index is 1.69. The van der Waals surface area contributed by atoms with Crippen LogP contribution in [0.5, 0.6) is 0 Å². The van der Waals surface area contributed by atoms with Crippen molar-refractivity contribution in [1.82, 2.24) is 35.2 Å². The minimum Gasteiger partial charge on any atom is -0.356 e. The first kappa shape index (κ1) is 19.2. The molecule has 140 valence electrons. The maximum absolute atomic E-state index is 12.2. The SMILES string of the molecule is CN=C(NCCCN1CCCC1C(=O)N(C)C)NCc1ncnn1C. The molecule has 0 aliphatic carbocycles. The molecule has 0 saturated carbocycles. The summed E-state index contributed by atoms with van der Waals surface area (Å²) in [4.78, 5) is 24.6. The van der Waals surface area contributed by atoms with E-state index in [0.29, 0.717) is 6.54 Å². The minimum absolute atomic E-state index is 0.0448. The molecular formula is C16H30N8O. The van der Waals surface area contributed by atoms with E-state index in [-0.39, 0.29) is 11.9 Å². The number of guanidine groups is 1. The number of aryl methyl sites for hydroxylation is 1. The van der Waals surface area contributed by atoms with Crippen molar-refractivity contribution in [3.05, 3.63) is 12.2 Å². The molecule has 2 rings (SSSR count). The number of carbonyl (C=O) groups is 1. The fourth-order valence-electron chi connectivity index (χ4n) is 3.02. The molecule has 1 aliphatic heterocycles. The zero-order valence-corrected chi connectivity index (χ0v) is 15.7. The zero-order valence-electron chi connectivity index (χ0n) is 15.7. The van der Waals surface area contributed by atoms with Gasteiger partial charge >= 0.3 is 0 Å². The molecule has 1 amide bonds. The second kappa shape index (κ2) is 9.36. The normalized spacial score (nSPS) is 18.4. The zero-order chi connectivity index (χ0) is 18.2. The number of amides is 1. The van der Waals surface area contributed by atoms with Crippen LogP contribution in [0.1, 0.15) is 25.1 Å². The summed E-state index contributed by atoms with van der Waals surface area (Å²) in [5, 5.41) is 10.6. The highest BCUT2D eigenvalue weighted by Crippen LogP contribution is 2.18. The lowest BCUT2D eigenvalue weighted by molar-refractivity contribution is -0.133. The van der Waals surface area contributed by atoms with Crippen molar-refractivity contribution in [2.24, 2.45) is 12.0 Å². The molecule has 2 heterocycles. The Morgan fingerprint density at radius 3 is 2.88 bits per heavy atom. The van der Waals surface area contributed by atoms with E-state index in [4.69, 9.17) is 0 Å². The monoisotopic (exact) mass is 350 g/mol. The molecule has 1 aromatic rings. The summed E-state index contributed by atoms with van der Waals surface area (Å²) in [6.45, 7) is 3.29. The fraction of sp³-hybridized carbons (Fsp3) is 0.750. The van der Waals surface area contributed by atoms with Crippen molar-refractivity contribution in [3.63, 3.8) is 0 Å². The van der Waals surface area contributed by atoms with E-state index in [1.807, 2.05) is 21.1 Å². The van der Waals surface area contributed by atoms with Crippen LogP contribution in [0.3, 0.4) is 0 Å². The van der Waals surface area contributed by atoms with Crippen LogP contribution in [-0.4, -0.2) is 83.3 Å². The van der Waals surface area contributed by atoms with Gasteiger partial charge in [-0.05, 0) is 25.8 Å². The number of likely N-dealkylation sites (N-methyl/N-ethyl adjacent to an activating group) is 1. The second-order valence-electron chi connectivity index (χ2n) is 6.43. The lowest BCUT2D eigenvalue weighted by atomic mass is 10.2. The Hall–Kier alpha value is -2.16. The topological polar surface area (TPSA) is 90.7 Å². The van der Waals surface area contributed by atoms with E-state index < -0.39 is 0 Å². The van der Waals surface area contributed by atoms with Gasteiger partial charge in [-0.15, -0.1) is 0 Å². The van der Waals surface area contributed by atoms with Crippen molar-refractivity contribution in [2.45, 2.75) is 31.8 Å². The van der Waals surface area contributed by atoms with Gasteiger partial charge < -0.3 is 15.5 Å². The lowest BCUT2D eigenvalue weighted by Gasteiger charge is -2.26. The molecule has 1 aromatic heterocycles. The Bertz CT molecular complexity index is 582. The molecule has 1 aliphatic rings. The quantitative estimate of drug-likeness (QED) is 0.389. The minimum atomic E-state index is 0.0448. The molecule has 1 atom stereocenters. The smallest absolute Gasteiger partial charge is 0.239 e. The van der Waals surface area contributed by atoms with Crippen LogP contribution < -0.4 is 10.6 Å². The number of hydrogen-bond donors (Lipinski definition) is 2. The first-order chi connectivity index (χ1) is 12.0. The number of aromatic nitrogens is 3. The van der Waals surface area contributed by atoms with Crippen molar-refractivity contribution in [2.75, 3.05) is 40.8 Å². The number of rotatable bonds is 7. The van der Waals surface area contributed by atoms with Gasteiger partial charge in [-0.1, -0.05) is 0 Å². The molecule has 0 aromatic carbocycles. The third kappa shape index (κ3) is 5.42. The standard InChI is InChI=1S/C16H30N8O/c1-17-16(19-11-14-20-12-21-23(14)4)18-8-6-10-24-9-5-7-13(24)15(25)22(2)3/h12-13H,5-11H2,1-4H3,(H2,17,18,19). The predicted octanol–water partition coefficient (Wildman–Crippen LogP) is -0.577. The number of nitrogens with one attached hydrogen (secondary N) is 2. The largest absolute Gasteiger partial charge is 0.356 e. The van der Waals surface area contributed by atoms with Crippen LogP contribution in [0, 0.1) is 0 Å². The number of hydrogen-bond acceptors (Lipinski definition) is 5. The maximum Gasteiger partial charge on any atom is 0.239 e. The van der Waals surface area contributed by atoms with Crippen LogP contribution in [0.2, 0.25) is 0 Å². The molecule has 1 unspecified atom stereocenters. The predicted molar refractivity (Wildman–Crippen MR) is 97.1 cm³/mol. The average molecular weight is 350 g/mol. The van der Waals surface area contributed by atoms with Gasteiger partial charge in [-0.2, -0.15) is 5.10 Å². The van der Waals surface area contributed by atoms with Gasteiger partial charge in [0.1, 0.15) is 12.2 Å². The van der Waals surface area contributed by atoms with E-state index in [1.165, 1.54) is 6.33 Å². The average Bonchev–Trinajstić information content (AvgIpc) is 3.22. The van der Waals surface area contributed by atoms with E-state index >= 15 is 0 Å². The summed E-state index contributed by atoms with van der Waals surface area (Å²) in [6.07, 6.45) is 4.56. The second-order valence-corrected chi connectivity index (χ2v) is 6.43. The van der Waals surface area contributed by atoms with Crippen molar-refractivity contribution < 1.29 is 4.79 Å². The highest BCUT2D eigenvalue weighted by atomic mass is 16.2. The Morgan fingerprint density at radius 2 is 2.24 bits per heavy atom. The summed E-state index contributed by atoms with van der Waals surface area (Å²) in [5.74, 6) is 1.81. The van der Waals surface area contributed by atoms with Gasteiger partial charge in [0.05, 0.1) is 12.6 Å². The van der Waals surface area contributed by atoms with Gasteiger partial charge in [0.2, 0.25) is 5.91 Å². The number of carbonyl (C=O) groups excluding carboxylic acids is 1. The van der Waals surface area contributed by atoms with Crippen molar-refractivity contribution in [1.29, 1.82) is 0 Å². The first-order valence-corrected chi connectivity index (χ1v) is 8.75. The lowest BCUT2D eigenvalue weighted by Crippen LogP contribution is -2.44. The molecule has 9 nitrogen and oxygen atoms in total. The van der Waals surface area contributed by atoms with Gasteiger partial charge in [-0.25, -0.2) is 4.98 Å². The van der Waals surface area contributed by atoms with E-state index in [9.17, 15) is 4.79 Å². The number of aliphatic imine (C=N–C) groups is 1. The van der Waals surface area contributed by atoms with Crippen LogP contribution in [0.25, 0.3) is 0 Å². The van der Waals surface area contributed by atoms with Gasteiger partial charge in [0.15, 0.2) is 5.96 Å². The van der Waals surface area contributed by atoms with Crippen LogP contribution >= 0.6 is 0 Å². The Labute approximate surface area is 149 Å². The number of nitrogens with zero attached hydrogens (tertiary/aromatic N) is 6. The van der Waals surface area contributed by atoms with Crippen molar-refractivity contribution in [3.8, 4) is 0 Å². The molecule has 0 bridgehead atoms. The van der Waals surface area contributed by atoms with Gasteiger partial charge in [0, 0.05) is 41.3 Å². The highest BCUT2D eigenvalue weighted by molar-refractivity contribution is 5.81. The maximum atomic E-state index is 12.2. The molecule has 2 N–H and O–H groups in total. The van der Waals surface area contributed by atoms with Crippen LogP contribution in [-0.2, 0) is 18.4 Å². The highest BCUT2D eigenvalue weighted by Gasteiger charge is 2.30. The molecular weight excluding hydrogens is 320 g/mol. The molecule has 0 radical (unpaired) electrons. The summed E-state index contributed by atoms with van der Waals surface area (Å²) in [6, 6.07) is 0.0448. The number of likely N-dealkylation sites (tertiary alicyclic amines) is 1. The first-order valence-electron chi connectivity index (χ1n) is 8.75. The van der Waals surface area contributed by atoms with Crippen LogP contribution in [0.4, 0.5) is 0 Å². The third-order valence-corrected chi connectivity index (χ3v) is 4.45. The molecule has 1 saturated heterocycles. The fourth-order valence-corrected chi connectivity index (χ4v) is 3.02. The summed E-state index contributed by atoms with van der Waals surface area (Å²) in [7, 11) is 7.26. The third-order valence-electron chi connectivity index (χ3n) is 4.45. The molecule has 9 heteroatoms. The molecule has 25 heavy (non-hydrogen) atoms. The Kier molecular flexibility index (Phi) is 7.17.